The number of carbonyl (C=O) groups is 2. The number of nitrogens with one attached hydrogen (secondary N) is 2. The maximum atomic E-state index is 12.9. The molecule has 2 aromatic rings. The van der Waals surface area contributed by atoms with Gasteiger partial charge in [0.1, 0.15) is 5.00 Å². The summed E-state index contributed by atoms with van der Waals surface area (Å²) in [7, 11) is 1.97. The molecule has 1 aromatic carbocycles. The average Bonchev–Trinajstić information content (AvgIpc) is 3.16. The van der Waals surface area contributed by atoms with Gasteiger partial charge in [0.05, 0.1) is 5.56 Å². The summed E-state index contributed by atoms with van der Waals surface area (Å²) in [6.45, 7) is 6.79. The third kappa shape index (κ3) is 4.80. The van der Waals surface area contributed by atoms with E-state index in [-0.39, 0.29) is 11.8 Å². The fraction of sp³-hybridized carbons (Fsp3) is 0.455. The zero-order chi connectivity index (χ0) is 20.1. The van der Waals surface area contributed by atoms with E-state index in [9.17, 15) is 9.59 Å². The molecule has 2 heterocycles. The predicted molar refractivity (Wildman–Crippen MR) is 115 cm³/mol. The second kappa shape index (κ2) is 9.34. The number of amides is 2. The number of nitrogens with zero attached hydrogens (tertiary/aromatic N) is 1. The van der Waals surface area contributed by atoms with Crippen LogP contribution in [-0.2, 0) is 0 Å². The van der Waals surface area contributed by atoms with Crippen LogP contribution in [0.15, 0.2) is 35.7 Å². The molecular formula is C22H29N3O2S. The van der Waals surface area contributed by atoms with Crippen LogP contribution < -0.4 is 10.6 Å². The molecule has 0 atom stereocenters. The first-order chi connectivity index (χ1) is 13.5. The summed E-state index contributed by atoms with van der Waals surface area (Å²) in [4.78, 5) is 27.5. The number of piperidine rings is 1. The number of anilines is 1. The van der Waals surface area contributed by atoms with E-state index in [0.29, 0.717) is 28.0 Å². The van der Waals surface area contributed by atoms with Crippen LogP contribution >= 0.6 is 11.3 Å². The Morgan fingerprint density at radius 1 is 1.14 bits per heavy atom. The summed E-state index contributed by atoms with van der Waals surface area (Å²) in [5.41, 5.74) is 2.39. The number of thiophene rings is 1. The van der Waals surface area contributed by atoms with Crippen molar-refractivity contribution in [3.05, 3.63) is 52.4 Å². The number of hydrogen-bond donors (Lipinski definition) is 2. The number of rotatable bonds is 6. The second-order valence-corrected chi connectivity index (χ2v) is 8.60. The van der Waals surface area contributed by atoms with Crippen molar-refractivity contribution in [2.45, 2.75) is 32.6 Å². The number of hydrogen-bond acceptors (Lipinski definition) is 4. The van der Waals surface area contributed by atoms with E-state index in [2.05, 4.69) is 24.5 Å². The van der Waals surface area contributed by atoms with Gasteiger partial charge in [-0.25, -0.2) is 0 Å². The summed E-state index contributed by atoms with van der Waals surface area (Å²) >= 11 is 1.39. The molecule has 6 heteroatoms. The van der Waals surface area contributed by atoms with Crippen LogP contribution in [0.5, 0.6) is 0 Å². The fourth-order valence-electron chi connectivity index (χ4n) is 3.57. The second-order valence-electron chi connectivity index (χ2n) is 7.69. The van der Waals surface area contributed by atoms with Gasteiger partial charge in [-0.1, -0.05) is 26.0 Å². The van der Waals surface area contributed by atoms with Gasteiger partial charge < -0.3 is 15.5 Å². The van der Waals surface area contributed by atoms with E-state index < -0.39 is 0 Å². The first kappa shape index (κ1) is 20.6. The van der Waals surface area contributed by atoms with Gasteiger partial charge in [0.25, 0.3) is 11.8 Å². The molecule has 5 nitrogen and oxygen atoms in total. The minimum atomic E-state index is -0.181. The molecule has 3 rings (SSSR count). The van der Waals surface area contributed by atoms with Crippen LogP contribution in [0.1, 0.15) is 58.9 Å². The van der Waals surface area contributed by atoms with E-state index in [4.69, 9.17) is 0 Å². The Bertz CT molecular complexity index is 805. The van der Waals surface area contributed by atoms with Crippen molar-refractivity contribution < 1.29 is 9.59 Å². The van der Waals surface area contributed by atoms with Gasteiger partial charge in [0, 0.05) is 18.7 Å². The maximum absolute atomic E-state index is 12.9. The van der Waals surface area contributed by atoms with Crippen LogP contribution in [0.3, 0.4) is 0 Å². The van der Waals surface area contributed by atoms with Crippen LogP contribution in [0, 0.1) is 5.92 Å². The van der Waals surface area contributed by atoms with Crippen LogP contribution in [0.25, 0.3) is 0 Å². The maximum Gasteiger partial charge on any atom is 0.256 e. The molecule has 1 aromatic heterocycles. The molecule has 2 amide bonds. The molecule has 150 valence electrons. The Morgan fingerprint density at radius 3 is 2.43 bits per heavy atom. The van der Waals surface area contributed by atoms with Gasteiger partial charge in [0.2, 0.25) is 0 Å². The smallest absolute Gasteiger partial charge is 0.256 e. The summed E-state index contributed by atoms with van der Waals surface area (Å²) in [5, 5.41) is 8.63. The Morgan fingerprint density at radius 2 is 1.82 bits per heavy atom. The lowest BCUT2D eigenvalue weighted by Crippen LogP contribution is -2.40. The third-order valence-corrected chi connectivity index (χ3v) is 6.19. The summed E-state index contributed by atoms with van der Waals surface area (Å²) < 4.78 is 0. The van der Waals surface area contributed by atoms with Crippen LogP contribution in [0.2, 0.25) is 0 Å². The molecule has 0 saturated carbocycles. The molecule has 0 radical (unpaired) electrons. The Hall–Kier alpha value is -2.18. The van der Waals surface area contributed by atoms with Crippen molar-refractivity contribution in [3.63, 3.8) is 0 Å². The number of carbonyl (C=O) groups excluding carboxylic acids is 2. The van der Waals surface area contributed by atoms with E-state index in [1.165, 1.54) is 16.9 Å². The van der Waals surface area contributed by atoms with Crippen LogP contribution in [-0.4, -0.2) is 43.4 Å². The highest BCUT2D eigenvalue weighted by molar-refractivity contribution is 7.14. The van der Waals surface area contributed by atoms with Gasteiger partial charge in [-0.05, 0) is 67.4 Å². The van der Waals surface area contributed by atoms with Gasteiger partial charge in [-0.15, -0.1) is 11.3 Å². The van der Waals surface area contributed by atoms with Gasteiger partial charge >= 0.3 is 0 Å². The quantitative estimate of drug-likeness (QED) is 0.765. The summed E-state index contributed by atoms with van der Waals surface area (Å²) in [5.74, 6) is 0.884. The molecule has 1 fully saturated rings. The van der Waals surface area contributed by atoms with Crippen molar-refractivity contribution in [1.29, 1.82) is 0 Å². The first-order valence-electron chi connectivity index (χ1n) is 9.92. The SMILES string of the molecule is CNCC1CCN(C(=O)c2ccsc2NC(=O)c2ccc(C(C)C)cc2)CC1. The number of benzene rings is 1. The van der Waals surface area contributed by atoms with Gasteiger partial charge in [-0.3, -0.25) is 9.59 Å². The molecule has 2 N–H and O–H groups in total. The summed E-state index contributed by atoms with van der Waals surface area (Å²) in [6, 6.07) is 9.45. The topological polar surface area (TPSA) is 61.4 Å². The normalized spacial score (nSPS) is 15.1. The minimum absolute atomic E-state index is 0.00890. The molecule has 1 saturated heterocycles. The van der Waals surface area contributed by atoms with Crippen molar-refractivity contribution in [1.82, 2.24) is 10.2 Å². The summed E-state index contributed by atoms with van der Waals surface area (Å²) in [6.07, 6.45) is 2.03. The molecule has 28 heavy (non-hydrogen) atoms. The van der Waals surface area contributed by atoms with E-state index in [0.717, 1.165) is 32.5 Å². The minimum Gasteiger partial charge on any atom is -0.339 e. The third-order valence-electron chi connectivity index (χ3n) is 5.36. The lowest BCUT2D eigenvalue weighted by atomic mass is 9.96. The standard InChI is InChI=1S/C22H29N3O2S/c1-15(2)17-4-6-18(7-5-17)20(26)24-21-19(10-13-28-21)22(27)25-11-8-16(9-12-25)14-23-3/h4-7,10,13,15-16,23H,8-9,11-12,14H2,1-3H3,(H,24,26). The highest BCUT2D eigenvalue weighted by atomic mass is 32.1. The Kier molecular flexibility index (Phi) is 6.86. The monoisotopic (exact) mass is 399 g/mol. The van der Waals surface area contributed by atoms with Crippen molar-refractivity contribution in [2.24, 2.45) is 5.92 Å². The average molecular weight is 400 g/mol. The fourth-order valence-corrected chi connectivity index (χ4v) is 4.34. The Labute approximate surface area is 171 Å². The predicted octanol–water partition coefficient (Wildman–Crippen LogP) is 4.20. The molecule has 0 aliphatic carbocycles. The lowest BCUT2D eigenvalue weighted by molar-refractivity contribution is 0.0692. The van der Waals surface area contributed by atoms with Crippen molar-refractivity contribution >= 4 is 28.2 Å². The van der Waals surface area contributed by atoms with Crippen molar-refractivity contribution in [3.8, 4) is 0 Å². The largest absolute Gasteiger partial charge is 0.339 e. The Balaban J connectivity index is 1.65. The molecular weight excluding hydrogens is 370 g/mol. The van der Waals surface area contributed by atoms with Gasteiger partial charge in [0.15, 0.2) is 0 Å². The van der Waals surface area contributed by atoms with Crippen LogP contribution in [0.4, 0.5) is 5.00 Å². The molecule has 1 aliphatic heterocycles. The van der Waals surface area contributed by atoms with E-state index >= 15 is 0 Å². The van der Waals surface area contributed by atoms with E-state index in [1.54, 1.807) is 0 Å². The molecule has 0 bridgehead atoms. The van der Waals surface area contributed by atoms with Gasteiger partial charge in [-0.2, -0.15) is 0 Å². The number of likely N-dealkylation sites (tertiary alicyclic amines) is 1. The zero-order valence-corrected chi connectivity index (χ0v) is 17.6. The molecule has 1 aliphatic rings. The highest BCUT2D eigenvalue weighted by Gasteiger charge is 2.26. The lowest BCUT2D eigenvalue weighted by Gasteiger charge is -2.32. The molecule has 0 spiro atoms. The molecule has 0 unspecified atom stereocenters. The van der Waals surface area contributed by atoms with Crippen molar-refractivity contribution in [2.75, 3.05) is 32.0 Å². The first-order valence-corrected chi connectivity index (χ1v) is 10.8. The highest BCUT2D eigenvalue weighted by Crippen LogP contribution is 2.27. The zero-order valence-electron chi connectivity index (χ0n) is 16.8. The van der Waals surface area contributed by atoms with E-state index in [1.807, 2.05) is 47.7 Å².